The van der Waals surface area contributed by atoms with Crippen molar-refractivity contribution in [3.8, 4) is 0 Å². The molecule has 4 aromatic carbocycles. The summed E-state index contributed by atoms with van der Waals surface area (Å²) < 4.78 is 29.4. The molecule has 4 aromatic rings. The summed E-state index contributed by atoms with van der Waals surface area (Å²) in [5.41, 5.74) is 0. The minimum Gasteiger partial charge on any atom is -0.309 e. The molecular formula is C24H18O2P2. The lowest BCUT2D eigenvalue weighted by Crippen LogP contribution is -2.48. The third-order valence-electron chi connectivity index (χ3n) is 5.36. The van der Waals surface area contributed by atoms with Crippen molar-refractivity contribution >= 4 is 46.1 Å². The van der Waals surface area contributed by atoms with Crippen LogP contribution in [0.1, 0.15) is 0 Å². The van der Waals surface area contributed by atoms with Gasteiger partial charge in [0.1, 0.15) is 0 Å². The van der Waals surface area contributed by atoms with E-state index in [1.165, 1.54) is 0 Å². The van der Waals surface area contributed by atoms with Gasteiger partial charge in [-0.3, -0.25) is 0 Å². The van der Waals surface area contributed by atoms with Crippen LogP contribution in [0.5, 0.6) is 0 Å². The van der Waals surface area contributed by atoms with Crippen molar-refractivity contribution < 1.29 is 9.13 Å². The highest BCUT2D eigenvalue weighted by atomic mass is 31.2. The fraction of sp³-hybridized carbons (Fsp3) is 0. The highest BCUT2D eigenvalue weighted by Gasteiger charge is 2.47. The van der Waals surface area contributed by atoms with Gasteiger partial charge in [-0.1, -0.05) is 109 Å². The van der Waals surface area contributed by atoms with Gasteiger partial charge < -0.3 is 9.13 Å². The summed E-state index contributed by atoms with van der Waals surface area (Å²) in [5, 5.41) is 4.29. The molecule has 0 radical (unpaired) electrons. The molecule has 1 heterocycles. The first-order valence-corrected chi connectivity index (χ1v) is 12.6. The van der Waals surface area contributed by atoms with Gasteiger partial charge in [0.15, 0.2) is 14.3 Å². The second-order valence-corrected chi connectivity index (χ2v) is 12.3. The maximum Gasteiger partial charge on any atom is 0.172 e. The Bertz CT molecular complexity index is 1110. The van der Waals surface area contributed by atoms with E-state index >= 15 is 0 Å². The van der Waals surface area contributed by atoms with Crippen LogP contribution in [0.2, 0.25) is 0 Å². The number of hydrogen-bond donors (Lipinski definition) is 0. The summed E-state index contributed by atoms with van der Waals surface area (Å²) in [7, 11) is -6.24. The molecule has 0 saturated carbocycles. The zero-order valence-corrected chi connectivity index (χ0v) is 16.9. The highest BCUT2D eigenvalue weighted by molar-refractivity contribution is 7.95. The molecule has 1 aliphatic rings. The van der Waals surface area contributed by atoms with Crippen LogP contribution in [0.4, 0.5) is 0 Å². The molecule has 136 valence electrons. The monoisotopic (exact) mass is 400 g/mol. The van der Waals surface area contributed by atoms with Gasteiger partial charge in [0, 0.05) is 31.8 Å². The largest absolute Gasteiger partial charge is 0.309 e. The quantitative estimate of drug-likeness (QED) is 0.426. The Balaban J connectivity index is 1.95. The lowest BCUT2D eigenvalue weighted by atomic mass is 10.3. The minimum absolute atomic E-state index is 0.687. The second kappa shape index (κ2) is 6.45. The smallest absolute Gasteiger partial charge is 0.172 e. The third-order valence-corrected chi connectivity index (χ3v) is 12.0. The van der Waals surface area contributed by atoms with E-state index in [1.54, 1.807) is 0 Å². The van der Waals surface area contributed by atoms with Crippen LogP contribution in [-0.4, -0.2) is 0 Å². The Kier molecular flexibility index (Phi) is 4.02. The fourth-order valence-electron chi connectivity index (χ4n) is 4.09. The Morgan fingerprint density at radius 1 is 0.357 bits per heavy atom. The van der Waals surface area contributed by atoms with Crippen LogP contribution in [-0.2, 0) is 9.13 Å². The number of fused-ring (bicyclic) bond motifs is 2. The predicted octanol–water partition coefficient (Wildman–Crippen LogP) is 3.28. The van der Waals surface area contributed by atoms with E-state index in [0.717, 1.165) is 10.6 Å². The van der Waals surface area contributed by atoms with E-state index in [2.05, 4.69) is 0 Å². The Hall–Kier alpha value is -2.66. The van der Waals surface area contributed by atoms with Crippen molar-refractivity contribution in [3.63, 3.8) is 0 Å². The zero-order valence-electron chi connectivity index (χ0n) is 15.1. The fourth-order valence-corrected chi connectivity index (χ4v) is 11.4. The summed E-state index contributed by atoms with van der Waals surface area (Å²) in [6, 6.07) is 34.2. The second-order valence-electron chi connectivity index (χ2n) is 6.87. The van der Waals surface area contributed by atoms with Crippen LogP contribution in [0, 0.1) is 0 Å². The van der Waals surface area contributed by atoms with E-state index in [-0.39, 0.29) is 0 Å². The number of benzene rings is 4. The van der Waals surface area contributed by atoms with Gasteiger partial charge in [-0.15, -0.1) is 0 Å². The Labute approximate surface area is 164 Å². The van der Waals surface area contributed by atoms with Crippen molar-refractivity contribution in [2.45, 2.75) is 0 Å². The molecule has 0 atom stereocenters. The van der Waals surface area contributed by atoms with Gasteiger partial charge in [-0.2, -0.15) is 0 Å². The maximum absolute atomic E-state index is 14.7. The molecule has 0 aliphatic carbocycles. The van der Waals surface area contributed by atoms with Crippen molar-refractivity contribution in [3.05, 3.63) is 109 Å². The van der Waals surface area contributed by atoms with Crippen molar-refractivity contribution in [2.24, 2.45) is 0 Å². The average Bonchev–Trinajstić information content (AvgIpc) is 2.79. The number of rotatable bonds is 2. The molecule has 0 aromatic heterocycles. The van der Waals surface area contributed by atoms with Crippen LogP contribution >= 0.6 is 14.3 Å². The van der Waals surface area contributed by atoms with Crippen molar-refractivity contribution in [2.75, 3.05) is 0 Å². The molecule has 0 amide bonds. The van der Waals surface area contributed by atoms with Crippen molar-refractivity contribution in [1.29, 1.82) is 0 Å². The van der Waals surface area contributed by atoms with Gasteiger partial charge >= 0.3 is 0 Å². The van der Waals surface area contributed by atoms with Gasteiger partial charge in [0.2, 0.25) is 0 Å². The molecule has 0 saturated heterocycles. The zero-order chi connectivity index (χ0) is 19.2. The predicted molar refractivity (Wildman–Crippen MR) is 119 cm³/mol. The van der Waals surface area contributed by atoms with Gasteiger partial charge in [-0.25, -0.2) is 0 Å². The average molecular weight is 400 g/mol. The third kappa shape index (κ3) is 2.29. The molecule has 0 spiro atoms. The van der Waals surface area contributed by atoms with Crippen molar-refractivity contribution in [1.82, 2.24) is 0 Å². The Morgan fingerprint density at radius 2 is 0.607 bits per heavy atom. The first-order valence-electron chi connectivity index (χ1n) is 9.18. The molecule has 1 aliphatic heterocycles. The van der Waals surface area contributed by atoms with Gasteiger partial charge in [0.25, 0.3) is 0 Å². The standard InChI is InChI=1S/C24H18O2P2/c25-27(19-11-3-1-4-12-19)21-15-7-9-17-23(21)28(26,20-13-5-2-6-14-20)24-18-10-8-16-22(24)27/h1-18H. The summed E-state index contributed by atoms with van der Waals surface area (Å²) >= 11 is 0. The summed E-state index contributed by atoms with van der Waals surface area (Å²) in [6.07, 6.45) is 0. The van der Waals surface area contributed by atoms with Gasteiger partial charge in [0.05, 0.1) is 0 Å². The first-order chi connectivity index (χ1) is 13.7. The Morgan fingerprint density at radius 3 is 0.893 bits per heavy atom. The molecule has 0 fully saturated rings. The maximum atomic E-state index is 14.7. The SMILES string of the molecule is O=P1(c2ccccc2)c2ccccc2P(=O)(c2ccccc2)c2ccccc21. The topological polar surface area (TPSA) is 34.1 Å². The lowest BCUT2D eigenvalue weighted by molar-refractivity contribution is 0.589. The lowest BCUT2D eigenvalue weighted by Gasteiger charge is -2.34. The molecule has 5 rings (SSSR count). The van der Waals surface area contributed by atoms with Crippen LogP contribution in [0.25, 0.3) is 0 Å². The van der Waals surface area contributed by atoms with E-state index in [9.17, 15) is 9.13 Å². The molecule has 28 heavy (non-hydrogen) atoms. The van der Waals surface area contributed by atoms with E-state index in [0.29, 0.717) is 21.2 Å². The molecule has 0 unspecified atom stereocenters. The summed E-state index contributed by atoms with van der Waals surface area (Å²) in [5.74, 6) is 0. The van der Waals surface area contributed by atoms with E-state index in [4.69, 9.17) is 0 Å². The van der Waals surface area contributed by atoms with Crippen LogP contribution < -0.4 is 31.8 Å². The van der Waals surface area contributed by atoms with E-state index < -0.39 is 14.3 Å². The summed E-state index contributed by atoms with van der Waals surface area (Å²) in [4.78, 5) is 0. The first kappa shape index (κ1) is 17.4. The normalized spacial score (nSPS) is 22.9. The summed E-state index contributed by atoms with van der Waals surface area (Å²) in [6.45, 7) is 0. The molecular weight excluding hydrogens is 382 g/mol. The number of hydrogen-bond acceptors (Lipinski definition) is 2. The molecule has 0 N–H and O–H groups in total. The minimum atomic E-state index is -3.12. The van der Waals surface area contributed by atoms with Crippen LogP contribution in [0.3, 0.4) is 0 Å². The molecule has 0 bridgehead atoms. The molecule has 4 heteroatoms. The van der Waals surface area contributed by atoms with E-state index in [1.807, 2.05) is 109 Å². The van der Waals surface area contributed by atoms with Gasteiger partial charge in [-0.05, 0) is 0 Å². The van der Waals surface area contributed by atoms with Crippen LogP contribution in [0.15, 0.2) is 109 Å². The molecule has 2 nitrogen and oxygen atoms in total. The highest BCUT2D eigenvalue weighted by Crippen LogP contribution is 2.53.